The zero-order valence-electron chi connectivity index (χ0n) is 12.4. The van der Waals surface area contributed by atoms with E-state index in [0.717, 1.165) is 32.6 Å². The van der Waals surface area contributed by atoms with Gasteiger partial charge in [-0.15, -0.1) is 0 Å². The van der Waals surface area contributed by atoms with Crippen molar-refractivity contribution in [2.45, 2.75) is 26.3 Å². The van der Waals surface area contributed by atoms with Crippen molar-refractivity contribution in [3.63, 3.8) is 0 Å². The average Bonchev–Trinajstić information content (AvgIpc) is 2.50. The molecular weight excluding hydrogens is 309 g/mol. The van der Waals surface area contributed by atoms with E-state index in [4.69, 9.17) is 28.9 Å². The molecule has 4 nitrogen and oxygen atoms in total. The molecule has 1 aromatic rings. The molecule has 1 saturated heterocycles. The second-order valence-corrected chi connectivity index (χ2v) is 6.23. The summed E-state index contributed by atoms with van der Waals surface area (Å²) in [5.41, 5.74) is 6.61. The van der Waals surface area contributed by atoms with Crippen LogP contribution in [0.25, 0.3) is 0 Å². The summed E-state index contributed by atoms with van der Waals surface area (Å²) in [5, 5.41) is 0.619. The molecule has 1 amide bonds. The molecule has 0 aliphatic carbocycles. The summed E-state index contributed by atoms with van der Waals surface area (Å²) >= 11 is 11.9. The number of benzene rings is 1. The van der Waals surface area contributed by atoms with Crippen molar-refractivity contribution in [2.24, 2.45) is 0 Å². The van der Waals surface area contributed by atoms with E-state index in [1.54, 1.807) is 12.1 Å². The molecule has 116 valence electrons. The van der Waals surface area contributed by atoms with Crippen LogP contribution in [0.2, 0.25) is 10.0 Å². The lowest BCUT2D eigenvalue weighted by Gasteiger charge is -2.37. The molecule has 0 aromatic heterocycles. The van der Waals surface area contributed by atoms with Gasteiger partial charge in [-0.2, -0.15) is 0 Å². The predicted molar refractivity (Wildman–Crippen MR) is 88.1 cm³/mol. The minimum Gasteiger partial charge on any atom is -0.397 e. The van der Waals surface area contributed by atoms with Crippen molar-refractivity contribution in [1.82, 2.24) is 9.80 Å². The maximum atomic E-state index is 12.5. The normalized spacial score (nSPS) is 17.8. The van der Waals surface area contributed by atoms with Crippen molar-refractivity contribution < 1.29 is 4.79 Å². The van der Waals surface area contributed by atoms with E-state index in [0.29, 0.717) is 27.3 Å². The number of carbonyl (C=O) groups is 1. The van der Waals surface area contributed by atoms with Crippen molar-refractivity contribution in [3.05, 3.63) is 27.7 Å². The number of hydrogen-bond acceptors (Lipinski definition) is 3. The minimum atomic E-state index is -0.0379. The maximum absolute atomic E-state index is 12.5. The Balaban J connectivity index is 2.05. The zero-order chi connectivity index (χ0) is 15.6. The Morgan fingerprint density at radius 2 is 1.90 bits per heavy atom. The van der Waals surface area contributed by atoms with E-state index in [9.17, 15) is 4.79 Å². The van der Waals surface area contributed by atoms with Crippen molar-refractivity contribution in [2.75, 3.05) is 31.9 Å². The molecule has 6 heteroatoms. The Morgan fingerprint density at radius 3 is 2.43 bits per heavy atom. The van der Waals surface area contributed by atoms with Gasteiger partial charge < -0.3 is 10.6 Å². The molecule has 1 aliphatic heterocycles. The molecule has 1 unspecified atom stereocenters. The summed E-state index contributed by atoms with van der Waals surface area (Å²) in [5.74, 6) is -0.0379. The molecule has 1 atom stereocenters. The first-order chi connectivity index (χ1) is 9.93. The number of carbonyl (C=O) groups excluding carboxylic acids is 1. The van der Waals surface area contributed by atoms with Gasteiger partial charge in [-0.1, -0.05) is 30.1 Å². The van der Waals surface area contributed by atoms with E-state index in [2.05, 4.69) is 18.7 Å². The van der Waals surface area contributed by atoms with Crippen molar-refractivity contribution in [1.29, 1.82) is 0 Å². The smallest absolute Gasteiger partial charge is 0.254 e. The topological polar surface area (TPSA) is 49.6 Å². The number of piperazine rings is 1. The molecule has 1 fully saturated rings. The van der Waals surface area contributed by atoms with Crippen LogP contribution in [0.3, 0.4) is 0 Å². The standard InChI is InChI=1S/C15H21Cl2N3O/c1-3-10(2)19-4-6-20(7-5-19)15(21)11-8-12(16)14(17)13(18)9-11/h8-10H,3-7,18H2,1-2H3. The molecule has 1 aliphatic rings. The van der Waals surface area contributed by atoms with E-state index in [1.807, 2.05) is 4.90 Å². The van der Waals surface area contributed by atoms with Crippen molar-refractivity contribution >= 4 is 34.8 Å². The summed E-state index contributed by atoms with van der Waals surface area (Å²) < 4.78 is 0. The first-order valence-electron chi connectivity index (χ1n) is 7.21. The number of hydrogen-bond donors (Lipinski definition) is 1. The number of nitrogen functional groups attached to an aromatic ring is 1. The van der Waals surface area contributed by atoms with Gasteiger partial charge in [0.1, 0.15) is 0 Å². The third-order valence-corrected chi connectivity index (χ3v) is 4.94. The van der Waals surface area contributed by atoms with Gasteiger partial charge in [0.25, 0.3) is 5.91 Å². The van der Waals surface area contributed by atoms with E-state index in [1.165, 1.54) is 0 Å². The van der Waals surface area contributed by atoms with Crippen LogP contribution in [0.15, 0.2) is 12.1 Å². The van der Waals surface area contributed by atoms with Crippen molar-refractivity contribution in [3.8, 4) is 0 Å². The molecule has 0 bridgehead atoms. The summed E-state index contributed by atoms with van der Waals surface area (Å²) in [4.78, 5) is 16.8. The Labute approximate surface area is 135 Å². The number of halogens is 2. The lowest BCUT2D eigenvalue weighted by molar-refractivity contribution is 0.0580. The van der Waals surface area contributed by atoms with Crippen LogP contribution >= 0.6 is 23.2 Å². The van der Waals surface area contributed by atoms with Gasteiger partial charge in [0.2, 0.25) is 0 Å². The van der Waals surface area contributed by atoms with Crippen LogP contribution in [-0.4, -0.2) is 47.9 Å². The highest BCUT2D eigenvalue weighted by molar-refractivity contribution is 6.43. The molecule has 1 heterocycles. The summed E-state index contributed by atoms with van der Waals surface area (Å²) in [6, 6.07) is 3.74. The van der Waals surface area contributed by atoms with Gasteiger partial charge in [0, 0.05) is 37.8 Å². The van der Waals surface area contributed by atoms with Gasteiger partial charge in [-0.05, 0) is 25.5 Å². The quantitative estimate of drug-likeness (QED) is 0.866. The monoisotopic (exact) mass is 329 g/mol. The van der Waals surface area contributed by atoms with E-state index >= 15 is 0 Å². The highest BCUT2D eigenvalue weighted by Crippen LogP contribution is 2.30. The number of nitrogens with two attached hydrogens (primary N) is 1. The fraction of sp³-hybridized carbons (Fsp3) is 0.533. The van der Waals surface area contributed by atoms with Gasteiger partial charge in [0.05, 0.1) is 15.7 Å². The molecule has 2 rings (SSSR count). The Bertz CT molecular complexity index is 505. The summed E-state index contributed by atoms with van der Waals surface area (Å²) in [7, 11) is 0. The Kier molecular flexibility index (Phi) is 5.36. The lowest BCUT2D eigenvalue weighted by Crippen LogP contribution is -2.51. The molecule has 0 radical (unpaired) electrons. The Morgan fingerprint density at radius 1 is 1.29 bits per heavy atom. The lowest BCUT2D eigenvalue weighted by atomic mass is 10.1. The summed E-state index contributed by atoms with van der Waals surface area (Å²) in [6.45, 7) is 7.65. The fourth-order valence-corrected chi connectivity index (χ4v) is 2.88. The van der Waals surface area contributed by atoms with Crippen LogP contribution < -0.4 is 5.73 Å². The Hall–Kier alpha value is -0.970. The molecule has 2 N–H and O–H groups in total. The van der Waals surface area contributed by atoms with Crippen LogP contribution in [0, 0.1) is 0 Å². The van der Waals surface area contributed by atoms with E-state index in [-0.39, 0.29) is 5.91 Å². The minimum absolute atomic E-state index is 0.0379. The largest absolute Gasteiger partial charge is 0.397 e. The molecule has 21 heavy (non-hydrogen) atoms. The van der Waals surface area contributed by atoms with Gasteiger partial charge in [-0.25, -0.2) is 0 Å². The second-order valence-electron chi connectivity index (χ2n) is 5.45. The number of anilines is 1. The third-order valence-electron chi connectivity index (χ3n) is 4.12. The number of amides is 1. The maximum Gasteiger partial charge on any atom is 0.254 e. The molecular formula is C15H21Cl2N3O. The second kappa shape index (κ2) is 6.86. The molecule has 0 spiro atoms. The fourth-order valence-electron chi connectivity index (χ4n) is 2.54. The molecule has 1 aromatic carbocycles. The first kappa shape index (κ1) is 16.4. The zero-order valence-corrected chi connectivity index (χ0v) is 13.9. The number of rotatable bonds is 3. The van der Waals surface area contributed by atoms with Gasteiger partial charge in [-0.3, -0.25) is 9.69 Å². The SMILES string of the molecule is CCC(C)N1CCN(C(=O)c2cc(N)c(Cl)c(Cl)c2)CC1. The van der Waals surface area contributed by atoms with E-state index < -0.39 is 0 Å². The highest BCUT2D eigenvalue weighted by atomic mass is 35.5. The predicted octanol–water partition coefficient (Wildman–Crippen LogP) is 3.13. The number of nitrogens with zero attached hydrogens (tertiary/aromatic N) is 2. The third kappa shape index (κ3) is 3.62. The first-order valence-corrected chi connectivity index (χ1v) is 7.97. The highest BCUT2D eigenvalue weighted by Gasteiger charge is 2.24. The van der Waals surface area contributed by atoms with Gasteiger partial charge >= 0.3 is 0 Å². The molecule has 0 saturated carbocycles. The average molecular weight is 330 g/mol. The van der Waals surface area contributed by atoms with Gasteiger partial charge in [0.15, 0.2) is 0 Å². The van der Waals surface area contributed by atoms with Crippen LogP contribution in [0.5, 0.6) is 0 Å². The summed E-state index contributed by atoms with van der Waals surface area (Å²) in [6.07, 6.45) is 1.12. The van der Waals surface area contributed by atoms with Crippen LogP contribution in [-0.2, 0) is 0 Å². The van der Waals surface area contributed by atoms with Crippen LogP contribution in [0.4, 0.5) is 5.69 Å². The van der Waals surface area contributed by atoms with Crippen LogP contribution in [0.1, 0.15) is 30.6 Å².